The molecular weight excluding hydrogens is 833 g/mol. The van der Waals surface area contributed by atoms with Crippen molar-refractivity contribution in [2.45, 2.75) is 116 Å². The molecule has 10 aromatic heterocycles. The summed E-state index contributed by atoms with van der Waals surface area (Å²) in [5.74, 6) is 1.53. The van der Waals surface area contributed by atoms with Crippen LogP contribution < -0.4 is 0 Å². The molecule has 0 aliphatic carbocycles. The van der Waals surface area contributed by atoms with Gasteiger partial charge < -0.3 is 35.3 Å². The molecule has 10 heterocycles. The molecule has 10 aromatic rings. The van der Waals surface area contributed by atoms with Crippen molar-refractivity contribution in [3.63, 3.8) is 0 Å². The van der Waals surface area contributed by atoms with Gasteiger partial charge >= 0.3 is 12.0 Å². The van der Waals surface area contributed by atoms with E-state index in [1.165, 1.54) is 6.07 Å². The highest BCUT2D eigenvalue weighted by molar-refractivity contribution is 7.17. The third kappa shape index (κ3) is 14.7. The van der Waals surface area contributed by atoms with Gasteiger partial charge in [-0.2, -0.15) is 17.6 Å². The van der Waals surface area contributed by atoms with Gasteiger partial charge in [0.2, 0.25) is 11.6 Å². The number of rotatable bonds is 2. The summed E-state index contributed by atoms with van der Waals surface area (Å²) >= 11 is 2.28. The summed E-state index contributed by atoms with van der Waals surface area (Å²) in [4.78, 5) is 0. The molecule has 14 heteroatoms. The van der Waals surface area contributed by atoms with Crippen molar-refractivity contribution in [2.75, 3.05) is 0 Å². The van der Waals surface area contributed by atoms with Gasteiger partial charge in [-0.1, -0.05) is 90.0 Å². The smallest absolute Gasteiger partial charge is 0.316 e. The van der Waals surface area contributed by atoms with Crippen LogP contribution in [0.25, 0.3) is 54.1 Å². The zero-order chi connectivity index (χ0) is 46.2. The molecule has 10 rings (SSSR count). The zero-order valence-electron chi connectivity index (χ0n) is 37.8. The van der Waals surface area contributed by atoms with E-state index >= 15 is 0 Å². The van der Waals surface area contributed by atoms with Gasteiger partial charge in [0.1, 0.15) is 26.7 Å². The van der Waals surface area contributed by atoms with Crippen molar-refractivity contribution in [1.29, 1.82) is 0 Å². The van der Waals surface area contributed by atoms with Crippen LogP contribution in [0, 0.1) is 37.5 Å². The normalized spacial score (nSPS) is 9.77. The summed E-state index contributed by atoms with van der Waals surface area (Å²) in [6.07, 6.45) is 5.81. The summed E-state index contributed by atoms with van der Waals surface area (Å²) in [6, 6.07) is 10.5. The summed E-state index contributed by atoms with van der Waals surface area (Å²) < 4.78 is 90.7. The lowest BCUT2D eigenvalue weighted by Gasteiger charge is -1.95. The number of halogens is 4. The van der Waals surface area contributed by atoms with Gasteiger partial charge in [0, 0.05) is 54.3 Å². The standard InChI is InChI=1S/C9H10O2.C8H8O2.C7H4F2OS.C7H6O2.C6H2F2OS.5C2H6/c1-6(2)8-5-9-7(11-8)3-4-10-9;1-2-6-5-8-7(10-6)3-4-9-8;1-3-2-11-6-4(8)7(9)10-5(3)6;1-5-4-7-6(9-5)2-3-8-7;7-4-5-3(1-2-10-5)9-6(4)8;5*1-2/h3-6H,1-2H3;3-5H,2H2,1H3;2H,1H3;2-4H,1H3;1-2H;5*1-2H3. The number of fused-ring (bicyclic) bond motifs is 5. The van der Waals surface area contributed by atoms with Crippen LogP contribution in [-0.2, 0) is 6.42 Å². The van der Waals surface area contributed by atoms with Crippen molar-refractivity contribution >= 4 is 76.7 Å². The fraction of sp³-hybridized carbons (Fsp3) is 0.362. The van der Waals surface area contributed by atoms with E-state index in [1.54, 1.807) is 36.5 Å². The van der Waals surface area contributed by atoms with Gasteiger partial charge in [-0.05, 0) is 30.7 Å². The van der Waals surface area contributed by atoms with Crippen LogP contribution >= 0.6 is 22.7 Å². The molecule has 0 saturated carbocycles. The Balaban J connectivity index is 0.000000362. The molecule has 0 bridgehead atoms. The third-order valence-electron chi connectivity index (χ3n) is 7.21. The lowest BCUT2D eigenvalue weighted by Crippen LogP contribution is -1.79. The van der Waals surface area contributed by atoms with Crippen LogP contribution in [0.3, 0.4) is 0 Å². The molecule has 0 spiro atoms. The maximum atomic E-state index is 12.7. The van der Waals surface area contributed by atoms with E-state index < -0.39 is 23.7 Å². The molecular formula is C47H60F4O8S2. The summed E-state index contributed by atoms with van der Waals surface area (Å²) in [7, 11) is 0. The Morgan fingerprint density at radius 2 is 1.02 bits per heavy atom. The molecule has 0 N–H and O–H groups in total. The van der Waals surface area contributed by atoms with E-state index in [4.69, 9.17) is 26.5 Å². The molecule has 0 aromatic carbocycles. The fourth-order valence-corrected chi connectivity index (χ4v) is 6.28. The van der Waals surface area contributed by atoms with Crippen LogP contribution in [0.1, 0.15) is 119 Å². The highest BCUT2D eigenvalue weighted by Crippen LogP contribution is 2.31. The molecule has 336 valence electrons. The van der Waals surface area contributed by atoms with E-state index in [0.29, 0.717) is 11.5 Å². The minimum absolute atomic E-state index is 0.248. The van der Waals surface area contributed by atoms with E-state index in [9.17, 15) is 17.6 Å². The van der Waals surface area contributed by atoms with Crippen LogP contribution in [0.15, 0.2) is 107 Å². The summed E-state index contributed by atoms with van der Waals surface area (Å²) in [5.41, 5.74) is 6.40. The third-order valence-corrected chi connectivity index (χ3v) is 9.17. The van der Waals surface area contributed by atoms with Gasteiger partial charge in [-0.25, -0.2) is 0 Å². The molecule has 61 heavy (non-hydrogen) atoms. The minimum atomic E-state index is -1.12. The first kappa shape index (κ1) is 53.7. The highest BCUT2D eigenvalue weighted by Gasteiger charge is 2.17. The van der Waals surface area contributed by atoms with E-state index in [2.05, 4.69) is 29.6 Å². The predicted molar refractivity (Wildman–Crippen MR) is 243 cm³/mol. The number of thiophene rings is 2. The molecule has 0 atom stereocenters. The maximum Gasteiger partial charge on any atom is 0.316 e. The van der Waals surface area contributed by atoms with Crippen LogP contribution in [0.2, 0.25) is 0 Å². The largest absolute Gasteiger partial charge is 0.461 e. The van der Waals surface area contributed by atoms with Crippen LogP contribution in [-0.4, -0.2) is 0 Å². The van der Waals surface area contributed by atoms with Crippen molar-refractivity contribution < 1.29 is 52.9 Å². The van der Waals surface area contributed by atoms with Crippen LogP contribution in [0.4, 0.5) is 17.6 Å². The molecule has 0 saturated heterocycles. The molecule has 0 aliphatic rings. The fourth-order valence-electron chi connectivity index (χ4n) is 4.65. The Bertz CT molecular complexity index is 2530. The molecule has 0 aliphatic heterocycles. The van der Waals surface area contributed by atoms with E-state index in [1.807, 2.05) is 113 Å². The van der Waals surface area contributed by atoms with Gasteiger partial charge in [-0.3, -0.25) is 0 Å². The van der Waals surface area contributed by atoms with Gasteiger partial charge in [0.15, 0.2) is 44.7 Å². The van der Waals surface area contributed by atoms with Crippen LogP contribution in [0.5, 0.6) is 0 Å². The van der Waals surface area contributed by atoms with E-state index in [-0.39, 0.29) is 15.0 Å². The monoisotopic (exact) mass is 892 g/mol. The van der Waals surface area contributed by atoms with Gasteiger partial charge in [0.25, 0.3) is 0 Å². The Labute approximate surface area is 363 Å². The Morgan fingerprint density at radius 3 is 1.49 bits per heavy atom. The Kier molecular flexibility index (Phi) is 24.8. The highest BCUT2D eigenvalue weighted by atomic mass is 32.1. The first-order valence-electron chi connectivity index (χ1n) is 20.5. The van der Waals surface area contributed by atoms with Gasteiger partial charge in [0.05, 0.1) is 18.8 Å². The van der Waals surface area contributed by atoms with Crippen molar-refractivity contribution in [3.8, 4) is 0 Å². The summed E-state index contributed by atoms with van der Waals surface area (Å²) in [5, 5.41) is 3.38. The van der Waals surface area contributed by atoms with E-state index in [0.717, 1.165) is 85.4 Å². The molecule has 0 unspecified atom stereocenters. The second-order valence-electron chi connectivity index (χ2n) is 11.2. The summed E-state index contributed by atoms with van der Waals surface area (Å²) in [6.45, 7) is 29.9. The maximum absolute atomic E-state index is 12.7. The lowest BCUT2D eigenvalue weighted by atomic mass is 10.2. The second kappa shape index (κ2) is 28.2. The Hall–Kier alpha value is -5.34. The molecule has 8 nitrogen and oxygen atoms in total. The molecule has 0 radical (unpaired) electrons. The first-order chi connectivity index (χ1) is 29.5. The average Bonchev–Trinajstić information content (AvgIpc) is 4.13. The number of hydrogen-bond donors (Lipinski definition) is 0. The van der Waals surface area contributed by atoms with Gasteiger partial charge in [-0.15, -0.1) is 22.7 Å². The molecule has 0 fully saturated rings. The number of hydrogen-bond acceptors (Lipinski definition) is 10. The van der Waals surface area contributed by atoms with Crippen molar-refractivity contribution in [3.05, 3.63) is 119 Å². The average molecular weight is 893 g/mol. The minimum Gasteiger partial charge on any atom is -0.461 e. The topological polar surface area (TPSA) is 105 Å². The Morgan fingerprint density at radius 1 is 0.525 bits per heavy atom. The van der Waals surface area contributed by atoms with Crippen molar-refractivity contribution in [2.24, 2.45) is 0 Å². The first-order valence-corrected chi connectivity index (χ1v) is 22.3. The quantitative estimate of drug-likeness (QED) is 0.158. The number of aryl methyl sites for hydroxylation is 3. The second-order valence-corrected chi connectivity index (χ2v) is 13.0. The molecule has 0 amide bonds. The van der Waals surface area contributed by atoms with Crippen molar-refractivity contribution in [1.82, 2.24) is 0 Å². The zero-order valence-corrected chi connectivity index (χ0v) is 39.4. The predicted octanol–water partition coefficient (Wildman–Crippen LogP) is 19.1. The number of furan rings is 8. The SMILES string of the molecule is CC.CC.CC.CC.CC.CC(C)c1cc2occc2o1.CCc1cc2occc2o1.Cc1cc2occc2o1.Cc1csc2c(F)c(F)oc12.Fc1oc2ccsc2c1F. The lowest BCUT2D eigenvalue weighted by molar-refractivity contribution is 0.342.